The summed E-state index contributed by atoms with van der Waals surface area (Å²) in [6.07, 6.45) is 2.06. The molecule has 0 N–H and O–H groups in total. The Morgan fingerprint density at radius 3 is 2.00 bits per heavy atom. The van der Waals surface area contributed by atoms with Gasteiger partial charge in [-0.05, 0) is 17.0 Å². The molecule has 0 fully saturated rings. The second-order valence-electron chi connectivity index (χ2n) is 6.20. The van der Waals surface area contributed by atoms with E-state index in [-0.39, 0.29) is 5.41 Å². The van der Waals surface area contributed by atoms with Crippen molar-refractivity contribution < 1.29 is 0 Å². The molecule has 0 radical (unpaired) electrons. The highest BCUT2D eigenvalue weighted by atomic mass is 28.3. The van der Waals surface area contributed by atoms with Gasteiger partial charge in [0, 0.05) is 0 Å². The van der Waals surface area contributed by atoms with Crippen molar-refractivity contribution in [1.82, 2.24) is 0 Å². The Bertz CT molecular complexity index is 352. The minimum atomic E-state index is -1.28. The third-order valence-corrected chi connectivity index (χ3v) is 6.39. The molecular weight excluding hydrogens is 208 g/mol. The Kier molecular flexibility index (Phi) is 3.79. The Morgan fingerprint density at radius 1 is 1.12 bits per heavy atom. The molecule has 0 unspecified atom stereocenters. The quantitative estimate of drug-likeness (QED) is 0.544. The van der Waals surface area contributed by atoms with E-state index in [2.05, 4.69) is 70.8 Å². The maximum atomic E-state index is 3.86. The molecule has 0 spiro atoms. The molecule has 0 amide bonds. The highest BCUT2D eigenvalue weighted by Gasteiger charge is 2.22. The smallest absolute Gasteiger partial charge is 0.0843 e. The van der Waals surface area contributed by atoms with Crippen molar-refractivity contribution in [3.05, 3.63) is 42.5 Å². The SMILES string of the molecule is C=CC[Si](C)(C)c1ccc(C(C)(C)C)cc1. The van der Waals surface area contributed by atoms with Crippen molar-refractivity contribution in [3.8, 4) is 0 Å². The van der Waals surface area contributed by atoms with Gasteiger partial charge in [0.2, 0.25) is 0 Å². The molecule has 0 heterocycles. The number of rotatable bonds is 3. The highest BCUT2D eigenvalue weighted by molar-refractivity contribution is 6.90. The lowest BCUT2D eigenvalue weighted by Crippen LogP contribution is -2.40. The lowest BCUT2D eigenvalue weighted by atomic mass is 9.87. The largest absolute Gasteiger partial charge is 0.103 e. The minimum absolute atomic E-state index is 0.253. The Balaban J connectivity index is 2.99. The van der Waals surface area contributed by atoms with Crippen molar-refractivity contribution in [2.45, 2.75) is 45.3 Å². The van der Waals surface area contributed by atoms with Crippen LogP contribution in [0.4, 0.5) is 0 Å². The second-order valence-corrected chi connectivity index (χ2v) is 11.0. The van der Waals surface area contributed by atoms with Crippen LogP contribution in [0, 0.1) is 0 Å². The van der Waals surface area contributed by atoms with Crippen LogP contribution in [0.2, 0.25) is 19.1 Å². The first-order chi connectivity index (χ1) is 7.27. The summed E-state index contributed by atoms with van der Waals surface area (Å²) in [4.78, 5) is 0. The molecule has 0 aromatic heterocycles. The van der Waals surface area contributed by atoms with Crippen molar-refractivity contribution in [1.29, 1.82) is 0 Å². The van der Waals surface area contributed by atoms with E-state index in [0.717, 1.165) is 6.04 Å². The highest BCUT2D eigenvalue weighted by Crippen LogP contribution is 2.21. The number of allylic oxidation sites excluding steroid dienone is 1. The van der Waals surface area contributed by atoms with Crippen molar-refractivity contribution >= 4 is 13.3 Å². The number of hydrogen-bond acceptors (Lipinski definition) is 0. The standard InChI is InChI=1S/C15H24Si/c1-7-12-16(5,6)14-10-8-13(9-11-14)15(2,3)4/h7-11H,1,12H2,2-6H3. The van der Waals surface area contributed by atoms with Gasteiger partial charge in [-0.15, -0.1) is 6.58 Å². The maximum Gasteiger partial charge on any atom is 0.0843 e. The van der Waals surface area contributed by atoms with E-state index in [1.807, 2.05) is 0 Å². The first-order valence-corrected chi connectivity index (χ1v) is 9.20. The maximum absolute atomic E-state index is 3.86. The van der Waals surface area contributed by atoms with E-state index in [0.29, 0.717) is 0 Å². The molecule has 1 aromatic carbocycles. The van der Waals surface area contributed by atoms with Gasteiger partial charge in [0.1, 0.15) is 0 Å². The molecule has 0 saturated heterocycles. The minimum Gasteiger partial charge on any atom is -0.103 e. The van der Waals surface area contributed by atoms with Crippen molar-refractivity contribution in [2.75, 3.05) is 0 Å². The predicted octanol–water partition coefficient (Wildman–Crippen LogP) is 4.09. The van der Waals surface area contributed by atoms with Crippen LogP contribution in [0.3, 0.4) is 0 Å². The van der Waals surface area contributed by atoms with Gasteiger partial charge in [0.25, 0.3) is 0 Å². The molecule has 0 saturated carbocycles. The van der Waals surface area contributed by atoms with Crippen LogP contribution >= 0.6 is 0 Å². The fourth-order valence-electron chi connectivity index (χ4n) is 1.90. The normalized spacial score (nSPS) is 12.6. The monoisotopic (exact) mass is 232 g/mol. The molecule has 0 nitrogen and oxygen atoms in total. The van der Waals surface area contributed by atoms with E-state index in [9.17, 15) is 0 Å². The number of hydrogen-bond donors (Lipinski definition) is 0. The van der Waals surface area contributed by atoms with Gasteiger partial charge in [-0.2, -0.15) is 0 Å². The van der Waals surface area contributed by atoms with Gasteiger partial charge in [0.15, 0.2) is 0 Å². The number of benzene rings is 1. The molecule has 88 valence electrons. The van der Waals surface area contributed by atoms with E-state index >= 15 is 0 Å². The third-order valence-electron chi connectivity index (χ3n) is 3.19. The second kappa shape index (κ2) is 4.58. The van der Waals surface area contributed by atoms with Crippen LogP contribution in [0.25, 0.3) is 0 Å². The first kappa shape index (κ1) is 13.2. The lowest BCUT2D eigenvalue weighted by molar-refractivity contribution is 0.590. The van der Waals surface area contributed by atoms with Crippen LogP contribution in [0.15, 0.2) is 36.9 Å². The van der Waals surface area contributed by atoms with Gasteiger partial charge in [-0.1, -0.05) is 69.4 Å². The molecule has 0 aliphatic heterocycles. The summed E-state index contributed by atoms with van der Waals surface area (Å²) < 4.78 is 0. The molecule has 0 bridgehead atoms. The summed E-state index contributed by atoms with van der Waals surface area (Å²) in [5.41, 5.74) is 1.67. The first-order valence-electron chi connectivity index (χ1n) is 5.99. The van der Waals surface area contributed by atoms with Gasteiger partial charge in [-0.3, -0.25) is 0 Å². The summed E-state index contributed by atoms with van der Waals surface area (Å²) in [5, 5.41) is 1.53. The molecular formula is C15H24Si. The molecule has 0 atom stereocenters. The summed E-state index contributed by atoms with van der Waals surface area (Å²) in [7, 11) is -1.28. The van der Waals surface area contributed by atoms with Crippen LogP contribution in [0.1, 0.15) is 26.3 Å². The molecule has 0 aliphatic carbocycles. The van der Waals surface area contributed by atoms with Crippen molar-refractivity contribution in [3.63, 3.8) is 0 Å². The fraction of sp³-hybridized carbons (Fsp3) is 0.467. The summed E-state index contributed by atoms with van der Waals surface area (Å²) >= 11 is 0. The third kappa shape index (κ3) is 3.08. The van der Waals surface area contributed by atoms with E-state index < -0.39 is 8.07 Å². The van der Waals surface area contributed by atoms with E-state index in [1.54, 1.807) is 0 Å². The molecule has 1 heteroatoms. The van der Waals surface area contributed by atoms with E-state index in [1.165, 1.54) is 10.8 Å². The van der Waals surface area contributed by atoms with Crippen LogP contribution in [-0.4, -0.2) is 8.07 Å². The average molecular weight is 232 g/mol. The van der Waals surface area contributed by atoms with Crippen LogP contribution < -0.4 is 5.19 Å². The van der Waals surface area contributed by atoms with Gasteiger partial charge in [-0.25, -0.2) is 0 Å². The lowest BCUT2D eigenvalue weighted by Gasteiger charge is -2.24. The van der Waals surface area contributed by atoms with E-state index in [4.69, 9.17) is 0 Å². The average Bonchev–Trinajstić information content (AvgIpc) is 2.16. The summed E-state index contributed by atoms with van der Waals surface area (Å²) in [6.45, 7) is 15.4. The Labute approximate surface area is 101 Å². The topological polar surface area (TPSA) is 0 Å². The van der Waals surface area contributed by atoms with Crippen LogP contribution in [-0.2, 0) is 5.41 Å². The zero-order valence-corrected chi connectivity index (χ0v) is 12.3. The molecule has 1 rings (SSSR count). The molecule has 16 heavy (non-hydrogen) atoms. The fourth-order valence-corrected chi connectivity index (χ4v) is 3.93. The summed E-state index contributed by atoms with van der Waals surface area (Å²) in [6, 6.07) is 10.4. The zero-order valence-electron chi connectivity index (χ0n) is 11.3. The Morgan fingerprint density at radius 2 is 1.62 bits per heavy atom. The van der Waals surface area contributed by atoms with Gasteiger partial charge < -0.3 is 0 Å². The van der Waals surface area contributed by atoms with Crippen LogP contribution in [0.5, 0.6) is 0 Å². The predicted molar refractivity (Wildman–Crippen MR) is 77.3 cm³/mol. The zero-order chi connectivity index (χ0) is 12.4. The molecule has 1 aromatic rings. The molecule has 0 aliphatic rings. The summed E-state index contributed by atoms with van der Waals surface area (Å²) in [5.74, 6) is 0. The van der Waals surface area contributed by atoms with Gasteiger partial charge in [0.05, 0.1) is 8.07 Å². The van der Waals surface area contributed by atoms with Crippen molar-refractivity contribution in [2.24, 2.45) is 0 Å². The van der Waals surface area contributed by atoms with Gasteiger partial charge >= 0.3 is 0 Å². The Hall–Kier alpha value is -0.823.